The molecule has 0 saturated heterocycles. The first-order valence-electron chi connectivity index (χ1n) is 11.5. The van der Waals surface area contributed by atoms with E-state index in [4.69, 9.17) is 11.6 Å². The van der Waals surface area contributed by atoms with E-state index in [0.717, 1.165) is 17.8 Å². The lowest BCUT2D eigenvalue weighted by Gasteiger charge is -2.14. The number of imidazole rings is 1. The van der Waals surface area contributed by atoms with Crippen molar-refractivity contribution in [2.45, 2.75) is 32.7 Å². The van der Waals surface area contributed by atoms with Crippen LogP contribution in [0.2, 0.25) is 5.02 Å². The van der Waals surface area contributed by atoms with Crippen LogP contribution in [-0.4, -0.2) is 44.5 Å². The van der Waals surface area contributed by atoms with Gasteiger partial charge in [-0.1, -0.05) is 36.7 Å². The minimum atomic E-state index is -3.47. The molecule has 5 rings (SSSR count). The zero-order chi connectivity index (χ0) is 26.2. The first kappa shape index (κ1) is 24.5. The van der Waals surface area contributed by atoms with Gasteiger partial charge in [0, 0.05) is 37.6 Å². The van der Waals surface area contributed by atoms with Crippen molar-refractivity contribution in [3.05, 3.63) is 70.9 Å². The largest absolute Gasteiger partial charge is 0.332 e. The molecule has 190 valence electrons. The number of rotatable bonds is 8. The molecule has 0 fully saturated rings. The molecule has 0 aliphatic heterocycles. The number of alkyl halides is 2. The SMILES string of the molecule is CCCn1cc(-c2nc(Nc3ccnn3C)ncc2C)nc1-c1n[nH]c(C(F)(F)c2ccccc2Cl)n1. The van der Waals surface area contributed by atoms with E-state index in [2.05, 4.69) is 40.5 Å². The summed E-state index contributed by atoms with van der Waals surface area (Å²) in [4.78, 5) is 17.8. The molecule has 0 aliphatic rings. The van der Waals surface area contributed by atoms with Crippen molar-refractivity contribution in [2.24, 2.45) is 7.05 Å². The molecule has 2 N–H and O–H groups in total. The van der Waals surface area contributed by atoms with Crippen LogP contribution < -0.4 is 5.32 Å². The van der Waals surface area contributed by atoms with E-state index in [1.54, 1.807) is 36.3 Å². The topological polar surface area (TPSA) is 115 Å². The summed E-state index contributed by atoms with van der Waals surface area (Å²) in [5.74, 6) is -2.61. The van der Waals surface area contributed by atoms with Gasteiger partial charge in [0.25, 0.3) is 0 Å². The van der Waals surface area contributed by atoms with Crippen LogP contribution in [0.4, 0.5) is 20.5 Å². The minimum absolute atomic E-state index is 0.0429. The van der Waals surface area contributed by atoms with Gasteiger partial charge in [-0.15, -0.1) is 5.10 Å². The Morgan fingerprint density at radius 3 is 2.68 bits per heavy atom. The van der Waals surface area contributed by atoms with E-state index in [0.29, 0.717) is 29.7 Å². The fourth-order valence-corrected chi connectivity index (χ4v) is 4.09. The molecule has 4 aromatic heterocycles. The Hall–Kier alpha value is -4.19. The second kappa shape index (κ2) is 9.69. The highest BCUT2D eigenvalue weighted by atomic mass is 35.5. The standard InChI is InChI=1S/C24H23ClF2N10/c1-4-11-37-13-17(19-14(2)12-28-23(32-19)31-18-9-10-29-36(18)3)30-21(37)20-33-22(35-34-20)24(26,27)15-7-5-6-8-16(15)25/h5-10,12-13H,4,11H2,1-3H3,(H,28,31,32)(H,33,34,35). The summed E-state index contributed by atoms with van der Waals surface area (Å²) < 4.78 is 33.9. The second-order valence-electron chi connectivity index (χ2n) is 8.40. The molecule has 0 aliphatic carbocycles. The van der Waals surface area contributed by atoms with Crippen LogP contribution >= 0.6 is 11.6 Å². The second-order valence-corrected chi connectivity index (χ2v) is 8.80. The van der Waals surface area contributed by atoms with Gasteiger partial charge >= 0.3 is 5.92 Å². The zero-order valence-corrected chi connectivity index (χ0v) is 21.0. The number of aromatic nitrogens is 9. The molecule has 5 aromatic rings. The number of anilines is 2. The molecule has 37 heavy (non-hydrogen) atoms. The number of nitrogens with one attached hydrogen (secondary N) is 2. The number of hydrogen-bond acceptors (Lipinski definition) is 7. The number of hydrogen-bond donors (Lipinski definition) is 2. The predicted molar refractivity (Wildman–Crippen MR) is 135 cm³/mol. The summed E-state index contributed by atoms with van der Waals surface area (Å²) in [5.41, 5.74) is 1.57. The van der Waals surface area contributed by atoms with Crippen molar-refractivity contribution in [2.75, 3.05) is 5.32 Å². The summed E-state index contributed by atoms with van der Waals surface area (Å²) >= 11 is 6.02. The van der Waals surface area contributed by atoms with Crippen molar-refractivity contribution in [1.29, 1.82) is 0 Å². The van der Waals surface area contributed by atoms with Crippen molar-refractivity contribution in [3.8, 4) is 23.0 Å². The van der Waals surface area contributed by atoms with Gasteiger partial charge in [-0.2, -0.15) is 13.9 Å². The summed E-state index contributed by atoms with van der Waals surface area (Å²) in [7, 11) is 1.80. The minimum Gasteiger partial charge on any atom is -0.328 e. The molecule has 0 unspecified atom stereocenters. The Bertz CT molecular complexity index is 1550. The third-order valence-corrected chi connectivity index (χ3v) is 6.04. The Kier molecular flexibility index (Phi) is 6.42. The monoisotopic (exact) mass is 524 g/mol. The van der Waals surface area contributed by atoms with Gasteiger partial charge in [0.2, 0.25) is 11.8 Å². The van der Waals surface area contributed by atoms with Gasteiger partial charge in [-0.25, -0.2) is 19.9 Å². The van der Waals surface area contributed by atoms with Gasteiger partial charge in [-0.05, 0) is 25.0 Å². The Morgan fingerprint density at radius 2 is 1.95 bits per heavy atom. The van der Waals surface area contributed by atoms with E-state index in [-0.39, 0.29) is 16.4 Å². The molecule has 13 heteroatoms. The lowest BCUT2D eigenvalue weighted by molar-refractivity contribution is 0.0334. The number of benzene rings is 1. The highest BCUT2D eigenvalue weighted by Gasteiger charge is 2.40. The maximum absolute atomic E-state index is 15.2. The number of H-pyrrole nitrogens is 1. The van der Waals surface area contributed by atoms with E-state index >= 15 is 8.78 Å². The Balaban J connectivity index is 1.52. The highest BCUT2D eigenvalue weighted by Crippen LogP contribution is 2.38. The summed E-state index contributed by atoms with van der Waals surface area (Å²) in [5, 5.41) is 13.6. The average Bonchev–Trinajstić information content (AvgIpc) is 3.61. The van der Waals surface area contributed by atoms with Crippen LogP contribution in [-0.2, 0) is 19.5 Å². The molecule has 0 radical (unpaired) electrons. The first-order valence-corrected chi connectivity index (χ1v) is 11.9. The predicted octanol–water partition coefficient (Wildman–Crippen LogP) is 5.11. The van der Waals surface area contributed by atoms with Crippen LogP contribution in [0.25, 0.3) is 23.0 Å². The van der Waals surface area contributed by atoms with Gasteiger partial charge in [0.05, 0.1) is 16.9 Å². The third-order valence-electron chi connectivity index (χ3n) is 5.71. The molecule has 0 spiro atoms. The summed E-state index contributed by atoms with van der Waals surface area (Å²) in [6.45, 7) is 4.46. The van der Waals surface area contributed by atoms with E-state index < -0.39 is 11.7 Å². The van der Waals surface area contributed by atoms with E-state index in [1.165, 1.54) is 18.2 Å². The summed E-state index contributed by atoms with van der Waals surface area (Å²) in [6, 6.07) is 7.55. The molecular weight excluding hydrogens is 502 g/mol. The molecule has 0 amide bonds. The molecular formula is C24H23ClF2N10. The molecule has 0 bridgehead atoms. The fourth-order valence-electron chi connectivity index (χ4n) is 3.84. The van der Waals surface area contributed by atoms with Gasteiger partial charge in [-0.3, -0.25) is 9.78 Å². The Labute approximate surface area is 215 Å². The van der Waals surface area contributed by atoms with Crippen molar-refractivity contribution in [1.82, 2.24) is 44.5 Å². The first-order chi connectivity index (χ1) is 17.8. The fraction of sp³-hybridized carbons (Fsp3) is 0.250. The smallest absolute Gasteiger partial charge is 0.328 e. The Morgan fingerprint density at radius 1 is 1.14 bits per heavy atom. The van der Waals surface area contributed by atoms with Gasteiger partial charge in [0.15, 0.2) is 11.6 Å². The molecule has 4 heterocycles. The zero-order valence-electron chi connectivity index (χ0n) is 20.2. The lowest BCUT2D eigenvalue weighted by Crippen LogP contribution is -2.18. The van der Waals surface area contributed by atoms with Crippen molar-refractivity contribution >= 4 is 23.4 Å². The molecule has 1 aromatic carbocycles. The molecule has 0 atom stereocenters. The highest BCUT2D eigenvalue weighted by molar-refractivity contribution is 6.31. The molecule has 10 nitrogen and oxygen atoms in total. The van der Waals surface area contributed by atoms with Crippen LogP contribution in [0.15, 0.2) is 48.9 Å². The van der Waals surface area contributed by atoms with Gasteiger partial charge < -0.3 is 9.88 Å². The van der Waals surface area contributed by atoms with E-state index in [1.807, 2.05) is 24.6 Å². The normalized spacial score (nSPS) is 11.7. The maximum Gasteiger partial charge on any atom is 0.332 e. The lowest BCUT2D eigenvalue weighted by atomic mass is 10.1. The number of aromatic amines is 1. The van der Waals surface area contributed by atoms with Crippen LogP contribution in [0.1, 0.15) is 30.3 Å². The maximum atomic E-state index is 15.2. The van der Waals surface area contributed by atoms with Gasteiger partial charge in [0.1, 0.15) is 11.5 Å². The summed E-state index contributed by atoms with van der Waals surface area (Å²) in [6.07, 6.45) is 5.95. The number of halogens is 3. The van der Waals surface area contributed by atoms with Crippen LogP contribution in [0.5, 0.6) is 0 Å². The van der Waals surface area contributed by atoms with Crippen molar-refractivity contribution in [3.63, 3.8) is 0 Å². The van der Waals surface area contributed by atoms with E-state index in [9.17, 15) is 0 Å². The molecule has 0 saturated carbocycles. The number of aryl methyl sites for hydroxylation is 3. The third kappa shape index (κ3) is 4.67. The van der Waals surface area contributed by atoms with Crippen molar-refractivity contribution < 1.29 is 8.78 Å². The number of nitrogens with zero attached hydrogens (tertiary/aromatic N) is 8. The quantitative estimate of drug-likeness (QED) is 0.289. The van der Waals surface area contributed by atoms with Crippen LogP contribution in [0.3, 0.4) is 0 Å². The van der Waals surface area contributed by atoms with Crippen LogP contribution in [0, 0.1) is 6.92 Å². The average molecular weight is 525 g/mol.